The van der Waals surface area contributed by atoms with Crippen LogP contribution in [0.5, 0.6) is 0 Å². The molecule has 2 fully saturated rings. The van der Waals surface area contributed by atoms with Gasteiger partial charge in [0.05, 0.1) is 6.54 Å². The van der Waals surface area contributed by atoms with Crippen molar-refractivity contribution in [1.29, 1.82) is 0 Å². The van der Waals surface area contributed by atoms with Gasteiger partial charge in [-0.15, -0.1) is 12.4 Å². The lowest BCUT2D eigenvalue weighted by molar-refractivity contribution is -0.134. The predicted molar refractivity (Wildman–Crippen MR) is 106 cm³/mol. The topological polar surface area (TPSA) is 64.7 Å². The Hall–Kier alpha value is -1.79. The lowest BCUT2D eigenvalue weighted by atomic mass is 9.92. The number of benzene rings is 1. The van der Waals surface area contributed by atoms with Crippen molar-refractivity contribution in [2.24, 2.45) is 5.92 Å². The standard InChI is InChI=1S/C19H28N4O2.ClH/c1-15-13-16(7-8-20-15)19(25)21-14-18(24)23-11-9-22(10-12-23)17-5-3-2-4-6-17;/h2-6,15-16,20H,7-14H2,1H3,(H,21,25);1H/t15-,16-;/m0./s1. The van der Waals surface area contributed by atoms with Gasteiger partial charge >= 0.3 is 0 Å². The van der Waals surface area contributed by atoms with Gasteiger partial charge in [0, 0.05) is 43.8 Å². The van der Waals surface area contributed by atoms with Crippen LogP contribution in [0.3, 0.4) is 0 Å². The number of para-hydroxylation sites is 1. The Balaban J connectivity index is 0.00000243. The van der Waals surface area contributed by atoms with Crippen molar-refractivity contribution in [3.8, 4) is 0 Å². The summed E-state index contributed by atoms with van der Waals surface area (Å²) in [5, 5.41) is 6.18. The third-order valence-corrected chi connectivity index (χ3v) is 5.16. The Labute approximate surface area is 161 Å². The third-order valence-electron chi connectivity index (χ3n) is 5.16. The van der Waals surface area contributed by atoms with Crippen molar-refractivity contribution < 1.29 is 9.59 Å². The number of amides is 2. The predicted octanol–water partition coefficient (Wildman–Crippen LogP) is 1.26. The largest absolute Gasteiger partial charge is 0.368 e. The van der Waals surface area contributed by atoms with E-state index in [-0.39, 0.29) is 36.7 Å². The minimum absolute atomic E-state index is 0. The number of piperazine rings is 1. The van der Waals surface area contributed by atoms with Crippen LogP contribution >= 0.6 is 12.4 Å². The third kappa shape index (κ3) is 5.35. The first-order chi connectivity index (χ1) is 12.1. The smallest absolute Gasteiger partial charge is 0.242 e. The Morgan fingerprint density at radius 2 is 1.85 bits per heavy atom. The van der Waals surface area contributed by atoms with Crippen LogP contribution in [0.4, 0.5) is 5.69 Å². The monoisotopic (exact) mass is 380 g/mol. The number of piperidine rings is 1. The number of carbonyl (C=O) groups is 2. The van der Waals surface area contributed by atoms with Crippen LogP contribution < -0.4 is 15.5 Å². The molecule has 0 unspecified atom stereocenters. The first-order valence-corrected chi connectivity index (χ1v) is 9.22. The fraction of sp³-hybridized carbons (Fsp3) is 0.579. The van der Waals surface area contributed by atoms with Gasteiger partial charge in [0.15, 0.2) is 0 Å². The number of nitrogens with one attached hydrogen (secondary N) is 2. The van der Waals surface area contributed by atoms with Crippen LogP contribution in [-0.2, 0) is 9.59 Å². The molecule has 0 radical (unpaired) electrons. The van der Waals surface area contributed by atoms with Gasteiger partial charge in [-0.05, 0) is 38.4 Å². The van der Waals surface area contributed by atoms with Gasteiger partial charge in [0.1, 0.15) is 0 Å². The highest BCUT2D eigenvalue weighted by Gasteiger charge is 2.26. The maximum atomic E-state index is 12.4. The van der Waals surface area contributed by atoms with E-state index in [1.54, 1.807) is 0 Å². The summed E-state index contributed by atoms with van der Waals surface area (Å²) in [6.45, 7) is 6.14. The Morgan fingerprint density at radius 3 is 2.50 bits per heavy atom. The lowest BCUT2D eigenvalue weighted by Crippen LogP contribution is -2.52. The molecule has 2 amide bonds. The first-order valence-electron chi connectivity index (χ1n) is 9.22. The fourth-order valence-electron chi connectivity index (χ4n) is 3.64. The zero-order chi connectivity index (χ0) is 17.6. The number of rotatable bonds is 4. The van der Waals surface area contributed by atoms with Crippen molar-refractivity contribution >= 4 is 29.9 Å². The zero-order valence-corrected chi connectivity index (χ0v) is 16.1. The molecule has 2 heterocycles. The molecule has 2 aliphatic heterocycles. The van der Waals surface area contributed by atoms with Gasteiger partial charge in [-0.1, -0.05) is 18.2 Å². The highest BCUT2D eigenvalue weighted by atomic mass is 35.5. The molecule has 2 aliphatic rings. The minimum Gasteiger partial charge on any atom is -0.368 e. The molecular formula is C19H29ClN4O2. The highest BCUT2D eigenvalue weighted by Crippen LogP contribution is 2.17. The highest BCUT2D eigenvalue weighted by molar-refractivity contribution is 5.86. The van der Waals surface area contributed by atoms with Crippen molar-refractivity contribution in [2.45, 2.75) is 25.8 Å². The molecule has 6 nitrogen and oxygen atoms in total. The molecule has 2 N–H and O–H groups in total. The number of hydrogen-bond donors (Lipinski definition) is 2. The van der Waals surface area contributed by atoms with Crippen molar-refractivity contribution in [1.82, 2.24) is 15.5 Å². The van der Waals surface area contributed by atoms with E-state index in [9.17, 15) is 9.59 Å². The van der Waals surface area contributed by atoms with Gasteiger partial charge in [0.25, 0.3) is 0 Å². The van der Waals surface area contributed by atoms with E-state index in [2.05, 4.69) is 34.6 Å². The summed E-state index contributed by atoms with van der Waals surface area (Å²) in [7, 11) is 0. The van der Waals surface area contributed by atoms with Crippen LogP contribution in [0.2, 0.25) is 0 Å². The van der Waals surface area contributed by atoms with E-state index in [1.807, 2.05) is 23.1 Å². The van der Waals surface area contributed by atoms with Gasteiger partial charge < -0.3 is 20.4 Å². The summed E-state index contributed by atoms with van der Waals surface area (Å²) in [6, 6.07) is 10.6. The molecule has 26 heavy (non-hydrogen) atoms. The van der Waals surface area contributed by atoms with Crippen molar-refractivity contribution in [3.05, 3.63) is 30.3 Å². The van der Waals surface area contributed by atoms with Crippen LogP contribution in [0.25, 0.3) is 0 Å². The summed E-state index contributed by atoms with van der Waals surface area (Å²) in [4.78, 5) is 28.8. The normalized spacial score (nSPS) is 23.1. The summed E-state index contributed by atoms with van der Waals surface area (Å²) >= 11 is 0. The fourth-order valence-corrected chi connectivity index (χ4v) is 3.64. The number of carbonyl (C=O) groups excluding carboxylic acids is 2. The van der Waals surface area contributed by atoms with Gasteiger partial charge in [-0.2, -0.15) is 0 Å². The molecule has 7 heteroatoms. The van der Waals surface area contributed by atoms with Gasteiger partial charge in [-0.25, -0.2) is 0 Å². The van der Waals surface area contributed by atoms with Gasteiger partial charge in [0.2, 0.25) is 11.8 Å². The molecule has 0 bridgehead atoms. The van der Waals surface area contributed by atoms with Crippen LogP contribution in [-0.4, -0.2) is 62.0 Å². The molecule has 1 aromatic carbocycles. The quantitative estimate of drug-likeness (QED) is 0.825. The second-order valence-corrected chi connectivity index (χ2v) is 7.00. The second-order valence-electron chi connectivity index (χ2n) is 7.00. The van der Waals surface area contributed by atoms with E-state index < -0.39 is 0 Å². The molecule has 3 rings (SSSR count). The molecule has 0 aliphatic carbocycles. The SMILES string of the molecule is C[C@H]1C[C@@H](C(=O)NCC(=O)N2CCN(c3ccccc3)CC2)CCN1.Cl. The summed E-state index contributed by atoms with van der Waals surface area (Å²) < 4.78 is 0. The number of halogens is 1. The zero-order valence-electron chi connectivity index (χ0n) is 15.3. The average molecular weight is 381 g/mol. The molecule has 144 valence electrons. The van der Waals surface area contributed by atoms with Crippen LogP contribution in [0, 0.1) is 5.92 Å². The molecule has 2 atom stereocenters. The molecule has 2 saturated heterocycles. The summed E-state index contributed by atoms with van der Waals surface area (Å²) in [5.74, 6) is 0.0617. The molecule has 0 saturated carbocycles. The maximum absolute atomic E-state index is 12.4. The summed E-state index contributed by atoms with van der Waals surface area (Å²) in [6.07, 6.45) is 1.69. The Bertz CT molecular complexity index is 590. The average Bonchev–Trinajstić information content (AvgIpc) is 2.66. The Morgan fingerprint density at radius 1 is 1.15 bits per heavy atom. The van der Waals surface area contributed by atoms with E-state index >= 15 is 0 Å². The van der Waals surface area contributed by atoms with Crippen LogP contribution in [0.15, 0.2) is 30.3 Å². The summed E-state index contributed by atoms with van der Waals surface area (Å²) in [5.41, 5.74) is 1.20. The van der Waals surface area contributed by atoms with Crippen molar-refractivity contribution in [3.63, 3.8) is 0 Å². The molecular weight excluding hydrogens is 352 g/mol. The van der Waals surface area contributed by atoms with E-state index in [0.29, 0.717) is 19.1 Å². The molecule has 0 aromatic heterocycles. The lowest BCUT2D eigenvalue weighted by Gasteiger charge is -2.36. The maximum Gasteiger partial charge on any atom is 0.242 e. The first kappa shape index (κ1) is 20.5. The minimum atomic E-state index is 0. The number of hydrogen-bond acceptors (Lipinski definition) is 4. The van der Waals surface area contributed by atoms with Gasteiger partial charge in [-0.3, -0.25) is 9.59 Å². The van der Waals surface area contributed by atoms with Crippen molar-refractivity contribution in [2.75, 3.05) is 44.2 Å². The Kier molecular flexibility index (Phi) is 7.72. The molecule has 1 aromatic rings. The van der Waals surface area contributed by atoms with E-state index in [0.717, 1.165) is 32.5 Å². The van der Waals surface area contributed by atoms with Crippen LogP contribution in [0.1, 0.15) is 19.8 Å². The molecule has 0 spiro atoms. The second kappa shape index (κ2) is 9.78. The van der Waals surface area contributed by atoms with E-state index in [1.165, 1.54) is 5.69 Å². The number of anilines is 1. The number of nitrogens with zero attached hydrogens (tertiary/aromatic N) is 2. The van der Waals surface area contributed by atoms with E-state index in [4.69, 9.17) is 0 Å².